The van der Waals surface area contributed by atoms with Gasteiger partial charge in [0.1, 0.15) is 5.82 Å². The number of aliphatic hydroxyl groups excluding tert-OH is 1. The first-order valence-electron chi connectivity index (χ1n) is 5.55. The van der Waals surface area contributed by atoms with Crippen LogP contribution < -0.4 is 5.32 Å². The lowest BCUT2D eigenvalue weighted by atomic mass is 10.2. The average Bonchev–Trinajstić information content (AvgIpc) is 3.09. The van der Waals surface area contributed by atoms with Crippen molar-refractivity contribution in [3.8, 4) is 0 Å². The molecule has 0 spiro atoms. The molecule has 1 saturated carbocycles. The Morgan fingerprint density at radius 3 is 2.94 bits per heavy atom. The molecule has 0 atom stereocenters. The van der Waals surface area contributed by atoms with Gasteiger partial charge in [-0.2, -0.15) is 0 Å². The van der Waals surface area contributed by atoms with Crippen LogP contribution in [0.5, 0.6) is 0 Å². The Hall–Kier alpha value is -0.580. The molecule has 0 heterocycles. The molecule has 0 unspecified atom stereocenters. The van der Waals surface area contributed by atoms with Crippen LogP contribution in [-0.4, -0.2) is 23.5 Å². The van der Waals surface area contributed by atoms with Gasteiger partial charge in [-0.05, 0) is 24.5 Å². The van der Waals surface area contributed by atoms with Crippen molar-refractivity contribution in [1.82, 2.24) is 5.32 Å². The van der Waals surface area contributed by atoms with Crippen LogP contribution in [0.3, 0.4) is 0 Å². The minimum atomic E-state index is -0.187. The molecule has 0 saturated heterocycles. The number of hydrogen-bond donors (Lipinski definition) is 2. The van der Waals surface area contributed by atoms with Crippen LogP contribution in [0.2, 0.25) is 0 Å². The lowest BCUT2D eigenvalue weighted by molar-refractivity contribution is 0.322. The van der Waals surface area contributed by atoms with Gasteiger partial charge in [-0.1, -0.05) is 12.1 Å². The van der Waals surface area contributed by atoms with E-state index in [-0.39, 0.29) is 12.4 Å². The molecular formula is C12H16FNOS. The highest BCUT2D eigenvalue weighted by atomic mass is 32.2. The van der Waals surface area contributed by atoms with Crippen LogP contribution in [0.1, 0.15) is 18.4 Å². The van der Waals surface area contributed by atoms with Crippen molar-refractivity contribution in [2.45, 2.75) is 30.3 Å². The van der Waals surface area contributed by atoms with E-state index in [2.05, 4.69) is 5.32 Å². The van der Waals surface area contributed by atoms with Gasteiger partial charge in [0.2, 0.25) is 0 Å². The molecule has 4 heteroatoms. The Balaban J connectivity index is 2.04. The van der Waals surface area contributed by atoms with Crippen LogP contribution in [0, 0.1) is 5.82 Å². The molecule has 1 fully saturated rings. The topological polar surface area (TPSA) is 32.3 Å². The van der Waals surface area contributed by atoms with Crippen molar-refractivity contribution in [2.75, 3.05) is 12.4 Å². The molecule has 0 radical (unpaired) electrons. The zero-order valence-electron chi connectivity index (χ0n) is 9.08. The monoisotopic (exact) mass is 241 g/mol. The van der Waals surface area contributed by atoms with Crippen molar-refractivity contribution in [1.29, 1.82) is 0 Å². The molecular weight excluding hydrogens is 225 g/mol. The van der Waals surface area contributed by atoms with E-state index in [0.29, 0.717) is 16.7 Å². The maximum Gasteiger partial charge on any atom is 0.137 e. The first kappa shape index (κ1) is 11.9. The Bertz CT molecular complexity index is 355. The highest BCUT2D eigenvalue weighted by molar-refractivity contribution is 7.99. The Morgan fingerprint density at radius 1 is 1.44 bits per heavy atom. The van der Waals surface area contributed by atoms with Crippen molar-refractivity contribution < 1.29 is 9.50 Å². The molecule has 0 aliphatic heterocycles. The van der Waals surface area contributed by atoms with Gasteiger partial charge in [0.05, 0.1) is 6.61 Å². The molecule has 1 aromatic carbocycles. The molecule has 1 aromatic rings. The molecule has 2 N–H and O–H groups in total. The van der Waals surface area contributed by atoms with Gasteiger partial charge in [-0.15, -0.1) is 11.8 Å². The van der Waals surface area contributed by atoms with Gasteiger partial charge < -0.3 is 10.4 Å². The van der Waals surface area contributed by atoms with Crippen LogP contribution in [0.25, 0.3) is 0 Å². The second kappa shape index (κ2) is 5.66. The molecule has 1 aliphatic carbocycles. The van der Waals surface area contributed by atoms with E-state index in [1.54, 1.807) is 6.07 Å². The fourth-order valence-electron chi connectivity index (χ4n) is 1.54. The summed E-state index contributed by atoms with van der Waals surface area (Å²) in [5.41, 5.74) is 0.991. The zero-order chi connectivity index (χ0) is 11.4. The molecule has 16 heavy (non-hydrogen) atoms. The lowest BCUT2D eigenvalue weighted by Gasteiger charge is -2.10. The van der Waals surface area contributed by atoms with Crippen LogP contribution >= 0.6 is 11.8 Å². The Labute approximate surface area is 99.2 Å². The van der Waals surface area contributed by atoms with Gasteiger partial charge in [0, 0.05) is 23.2 Å². The lowest BCUT2D eigenvalue weighted by Crippen LogP contribution is -2.16. The van der Waals surface area contributed by atoms with Crippen LogP contribution in [-0.2, 0) is 6.54 Å². The number of thioether (sulfide) groups is 1. The number of aliphatic hydroxyl groups is 1. The van der Waals surface area contributed by atoms with Gasteiger partial charge in [0.25, 0.3) is 0 Å². The SMILES string of the molecule is OCCSc1c(F)cccc1CNC1CC1. The summed E-state index contributed by atoms with van der Waals surface area (Å²) in [6.45, 7) is 0.796. The van der Waals surface area contributed by atoms with E-state index >= 15 is 0 Å². The largest absolute Gasteiger partial charge is 0.396 e. The predicted molar refractivity (Wildman–Crippen MR) is 64.1 cm³/mol. The van der Waals surface area contributed by atoms with Gasteiger partial charge in [-0.25, -0.2) is 4.39 Å². The number of benzene rings is 1. The van der Waals surface area contributed by atoms with E-state index < -0.39 is 0 Å². The molecule has 0 aromatic heterocycles. The summed E-state index contributed by atoms with van der Waals surface area (Å²) in [5, 5.41) is 12.2. The molecule has 88 valence electrons. The third-order valence-electron chi connectivity index (χ3n) is 2.54. The second-order valence-electron chi connectivity index (χ2n) is 3.96. The summed E-state index contributed by atoms with van der Waals surface area (Å²) < 4.78 is 13.6. The fourth-order valence-corrected chi connectivity index (χ4v) is 2.37. The van der Waals surface area contributed by atoms with E-state index in [0.717, 1.165) is 12.1 Å². The number of hydrogen-bond acceptors (Lipinski definition) is 3. The second-order valence-corrected chi connectivity index (χ2v) is 5.06. The Morgan fingerprint density at radius 2 is 2.25 bits per heavy atom. The molecule has 2 nitrogen and oxygen atoms in total. The average molecular weight is 241 g/mol. The molecule has 0 amide bonds. The summed E-state index contributed by atoms with van der Waals surface area (Å²) in [5.74, 6) is 0.353. The van der Waals surface area contributed by atoms with Gasteiger partial charge in [0.15, 0.2) is 0 Å². The Kier molecular flexibility index (Phi) is 4.21. The smallest absolute Gasteiger partial charge is 0.137 e. The van der Waals surface area contributed by atoms with Crippen molar-refractivity contribution in [2.24, 2.45) is 0 Å². The molecule has 2 rings (SSSR count). The summed E-state index contributed by atoms with van der Waals surface area (Å²) in [7, 11) is 0. The molecule has 1 aliphatic rings. The minimum Gasteiger partial charge on any atom is -0.396 e. The fraction of sp³-hybridized carbons (Fsp3) is 0.500. The van der Waals surface area contributed by atoms with E-state index in [1.807, 2.05) is 6.07 Å². The van der Waals surface area contributed by atoms with E-state index in [9.17, 15) is 4.39 Å². The highest BCUT2D eigenvalue weighted by Gasteiger charge is 2.20. The van der Waals surface area contributed by atoms with Crippen molar-refractivity contribution in [3.05, 3.63) is 29.6 Å². The molecule has 0 bridgehead atoms. The summed E-state index contributed by atoms with van der Waals surface area (Å²) in [4.78, 5) is 0.671. The quantitative estimate of drug-likeness (QED) is 0.749. The third-order valence-corrected chi connectivity index (χ3v) is 3.68. The summed E-state index contributed by atoms with van der Waals surface area (Å²) in [6.07, 6.45) is 2.46. The number of nitrogens with one attached hydrogen (secondary N) is 1. The van der Waals surface area contributed by atoms with Crippen LogP contribution in [0.4, 0.5) is 4.39 Å². The minimum absolute atomic E-state index is 0.0779. The van der Waals surface area contributed by atoms with Gasteiger partial charge in [-0.3, -0.25) is 0 Å². The number of halogens is 1. The first-order valence-corrected chi connectivity index (χ1v) is 6.54. The standard InChI is InChI=1S/C12H16FNOS/c13-11-3-1-2-9(8-14-10-4-5-10)12(11)16-7-6-15/h1-3,10,14-15H,4-8H2. The first-order chi connectivity index (χ1) is 7.81. The third kappa shape index (κ3) is 3.20. The summed E-state index contributed by atoms with van der Waals surface area (Å²) in [6, 6.07) is 5.78. The summed E-state index contributed by atoms with van der Waals surface area (Å²) >= 11 is 1.38. The van der Waals surface area contributed by atoms with E-state index in [1.165, 1.54) is 30.7 Å². The van der Waals surface area contributed by atoms with Gasteiger partial charge >= 0.3 is 0 Å². The normalized spacial score (nSPS) is 15.4. The van der Waals surface area contributed by atoms with E-state index in [4.69, 9.17) is 5.11 Å². The zero-order valence-corrected chi connectivity index (χ0v) is 9.89. The highest BCUT2D eigenvalue weighted by Crippen LogP contribution is 2.27. The maximum atomic E-state index is 13.6. The predicted octanol–water partition coefficient (Wildman–Crippen LogP) is 2.16. The van der Waals surface area contributed by atoms with Crippen molar-refractivity contribution in [3.63, 3.8) is 0 Å². The van der Waals surface area contributed by atoms with Crippen molar-refractivity contribution >= 4 is 11.8 Å². The maximum absolute atomic E-state index is 13.6. The number of rotatable bonds is 6. The van der Waals surface area contributed by atoms with Crippen LogP contribution in [0.15, 0.2) is 23.1 Å².